The number of amides is 1. The highest BCUT2D eigenvalue weighted by Gasteiger charge is 2.41. The van der Waals surface area contributed by atoms with E-state index in [2.05, 4.69) is 22.3 Å². The molecule has 3 fully saturated rings. The minimum Gasteiger partial charge on any atom is -0.396 e. The fraction of sp³-hybridized carbons (Fsp3) is 0.650. The molecule has 2 bridgehead atoms. The normalized spacial score (nSPS) is 29.9. The van der Waals surface area contributed by atoms with Crippen LogP contribution in [0, 0.1) is 5.92 Å². The van der Waals surface area contributed by atoms with E-state index in [1.54, 1.807) is 0 Å². The van der Waals surface area contributed by atoms with Gasteiger partial charge < -0.3 is 15.2 Å². The van der Waals surface area contributed by atoms with Crippen molar-refractivity contribution >= 4 is 5.91 Å². The van der Waals surface area contributed by atoms with E-state index in [0.717, 1.165) is 57.3 Å². The third-order valence-corrected chi connectivity index (χ3v) is 6.01. The Morgan fingerprint density at radius 2 is 1.92 bits per heavy atom. The number of fused-ring (bicyclic) bond motifs is 2. The average Bonchev–Trinajstić information content (AvgIpc) is 3.26. The quantitative estimate of drug-likeness (QED) is 0.857. The molecule has 3 aliphatic rings. The minimum absolute atomic E-state index is 0.0106. The Morgan fingerprint density at radius 1 is 1.16 bits per heavy atom. The van der Waals surface area contributed by atoms with E-state index >= 15 is 0 Å². The summed E-state index contributed by atoms with van der Waals surface area (Å²) in [5, 5.41) is 12.4. The fourth-order valence-electron chi connectivity index (χ4n) is 4.39. The van der Waals surface area contributed by atoms with Crippen molar-refractivity contribution in [3.05, 3.63) is 35.4 Å². The predicted molar refractivity (Wildman–Crippen MR) is 95.3 cm³/mol. The molecule has 5 heteroatoms. The Balaban J connectivity index is 1.29. The van der Waals surface area contributed by atoms with Gasteiger partial charge in [0.05, 0.1) is 18.2 Å². The van der Waals surface area contributed by atoms with E-state index in [0.29, 0.717) is 18.6 Å². The molecule has 2 N–H and O–H groups in total. The maximum absolute atomic E-state index is 12.4. The van der Waals surface area contributed by atoms with Crippen LogP contribution in [0.3, 0.4) is 0 Å². The van der Waals surface area contributed by atoms with Crippen molar-refractivity contribution in [1.29, 1.82) is 0 Å². The number of nitrogens with zero attached hydrogens (tertiary/aromatic N) is 1. The number of benzene rings is 1. The number of hydrogen-bond acceptors (Lipinski definition) is 4. The summed E-state index contributed by atoms with van der Waals surface area (Å²) in [6.45, 7) is 3.31. The molecule has 1 aromatic carbocycles. The Labute approximate surface area is 149 Å². The van der Waals surface area contributed by atoms with Crippen molar-refractivity contribution in [2.45, 2.75) is 56.9 Å². The summed E-state index contributed by atoms with van der Waals surface area (Å²) in [6, 6.07) is 8.16. The lowest BCUT2D eigenvalue weighted by atomic mass is 9.95. The van der Waals surface area contributed by atoms with Crippen LogP contribution in [0.25, 0.3) is 0 Å². The molecular weight excluding hydrogens is 316 g/mol. The molecule has 1 amide bonds. The van der Waals surface area contributed by atoms with Crippen molar-refractivity contribution in [1.82, 2.24) is 10.2 Å². The molecule has 3 unspecified atom stereocenters. The van der Waals surface area contributed by atoms with Gasteiger partial charge in [0.25, 0.3) is 5.91 Å². The van der Waals surface area contributed by atoms with E-state index in [4.69, 9.17) is 4.74 Å². The van der Waals surface area contributed by atoms with Crippen LogP contribution < -0.4 is 5.32 Å². The number of nitrogens with one attached hydrogen (secondary N) is 1. The van der Waals surface area contributed by atoms with Gasteiger partial charge in [-0.25, -0.2) is 0 Å². The molecule has 5 nitrogen and oxygen atoms in total. The van der Waals surface area contributed by atoms with Crippen molar-refractivity contribution < 1.29 is 14.6 Å². The van der Waals surface area contributed by atoms with Gasteiger partial charge in [0.2, 0.25) is 0 Å². The summed E-state index contributed by atoms with van der Waals surface area (Å²) < 4.78 is 5.81. The lowest BCUT2D eigenvalue weighted by Gasteiger charge is -2.31. The number of carbonyl (C=O) groups excluding carboxylic acids is 1. The van der Waals surface area contributed by atoms with Crippen molar-refractivity contribution in [3.63, 3.8) is 0 Å². The van der Waals surface area contributed by atoms with E-state index in [9.17, 15) is 9.90 Å². The van der Waals surface area contributed by atoms with Crippen LogP contribution in [-0.2, 0) is 11.3 Å². The molecule has 0 spiro atoms. The average molecular weight is 344 g/mol. The molecule has 1 aromatic rings. The van der Waals surface area contributed by atoms with Crippen LogP contribution in [0.1, 0.15) is 48.0 Å². The second-order valence-electron chi connectivity index (χ2n) is 7.79. The highest BCUT2D eigenvalue weighted by Crippen LogP contribution is 2.34. The Hall–Kier alpha value is -1.43. The van der Waals surface area contributed by atoms with Gasteiger partial charge in [-0.3, -0.25) is 9.69 Å². The highest BCUT2D eigenvalue weighted by molar-refractivity contribution is 5.94. The Morgan fingerprint density at radius 3 is 2.52 bits per heavy atom. The van der Waals surface area contributed by atoms with Crippen LogP contribution in [0.5, 0.6) is 0 Å². The zero-order chi connectivity index (χ0) is 17.2. The third-order valence-electron chi connectivity index (χ3n) is 6.01. The van der Waals surface area contributed by atoms with Gasteiger partial charge >= 0.3 is 0 Å². The number of rotatable bonds is 5. The van der Waals surface area contributed by atoms with E-state index < -0.39 is 0 Å². The number of carbonyl (C=O) groups is 1. The van der Waals surface area contributed by atoms with Gasteiger partial charge in [0.1, 0.15) is 0 Å². The number of likely N-dealkylation sites (tertiary alicyclic amines) is 1. The Kier molecular flexibility index (Phi) is 5.06. The lowest BCUT2D eigenvalue weighted by Crippen LogP contribution is -2.41. The van der Waals surface area contributed by atoms with Crippen molar-refractivity contribution in [2.75, 3.05) is 19.7 Å². The topological polar surface area (TPSA) is 61.8 Å². The molecule has 0 radical (unpaired) electrons. The number of aliphatic hydroxyl groups excluding tert-OH is 1. The van der Waals surface area contributed by atoms with Crippen molar-refractivity contribution in [3.8, 4) is 0 Å². The Bertz CT molecular complexity index is 595. The maximum atomic E-state index is 12.4. The minimum atomic E-state index is 0.0106. The number of hydrogen-bond donors (Lipinski definition) is 2. The summed E-state index contributed by atoms with van der Waals surface area (Å²) in [5.74, 6) is 0.480. The second-order valence-corrected chi connectivity index (χ2v) is 7.79. The molecule has 136 valence electrons. The molecule has 0 saturated carbocycles. The fourth-order valence-corrected chi connectivity index (χ4v) is 4.39. The first-order valence-electron chi connectivity index (χ1n) is 9.60. The molecule has 25 heavy (non-hydrogen) atoms. The van der Waals surface area contributed by atoms with Crippen LogP contribution in [0.2, 0.25) is 0 Å². The first-order valence-corrected chi connectivity index (χ1v) is 9.60. The second kappa shape index (κ2) is 7.44. The monoisotopic (exact) mass is 344 g/mol. The highest BCUT2D eigenvalue weighted by atomic mass is 16.5. The smallest absolute Gasteiger partial charge is 0.251 e. The zero-order valence-corrected chi connectivity index (χ0v) is 14.7. The van der Waals surface area contributed by atoms with Gasteiger partial charge in [-0.05, 0) is 68.8 Å². The SMILES string of the molecule is O=C(NC1CC2CCC1O2)c1ccc(CN2CCC(CO)CC2)cc1. The number of aliphatic hydroxyl groups is 1. The van der Waals surface area contributed by atoms with Crippen LogP contribution in [0.4, 0.5) is 0 Å². The van der Waals surface area contributed by atoms with Crippen LogP contribution >= 0.6 is 0 Å². The van der Waals surface area contributed by atoms with E-state index in [1.807, 2.05) is 12.1 Å². The van der Waals surface area contributed by atoms with Gasteiger partial charge in [-0.2, -0.15) is 0 Å². The first kappa shape index (κ1) is 17.0. The van der Waals surface area contributed by atoms with E-state index in [1.165, 1.54) is 5.56 Å². The summed E-state index contributed by atoms with van der Waals surface area (Å²) >= 11 is 0. The van der Waals surface area contributed by atoms with Crippen molar-refractivity contribution in [2.24, 2.45) is 5.92 Å². The largest absolute Gasteiger partial charge is 0.396 e. The molecule has 0 aromatic heterocycles. The lowest BCUT2D eigenvalue weighted by molar-refractivity contribution is 0.0841. The van der Waals surface area contributed by atoms with E-state index in [-0.39, 0.29) is 18.1 Å². The van der Waals surface area contributed by atoms with Crippen LogP contribution in [-0.4, -0.2) is 53.9 Å². The molecule has 3 heterocycles. The molecular formula is C20H28N2O3. The number of piperidine rings is 1. The molecule has 3 saturated heterocycles. The maximum Gasteiger partial charge on any atom is 0.251 e. The standard InChI is InChI=1S/C20H28N2O3/c23-13-15-7-9-22(10-8-15)12-14-1-3-16(4-2-14)20(24)21-18-11-17-5-6-19(18)25-17/h1-4,15,17-19,23H,5-13H2,(H,21,24). The van der Waals surface area contributed by atoms with Gasteiger partial charge in [-0.15, -0.1) is 0 Å². The zero-order valence-electron chi connectivity index (χ0n) is 14.7. The summed E-state index contributed by atoms with van der Waals surface area (Å²) in [4.78, 5) is 14.9. The summed E-state index contributed by atoms with van der Waals surface area (Å²) in [7, 11) is 0. The summed E-state index contributed by atoms with van der Waals surface area (Å²) in [6.07, 6.45) is 5.88. The van der Waals surface area contributed by atoms with Gasteiger partial charge in [0.15, 0.2) is 0 Å². The number of ether oxygens (including phenoxy) is 1. The molecule has 3 aliphatic heterocycles. The molecule has 3 atom stereocenters. The van der Waals surface area contributed by atoms with Crippen LogP contribution in [0.15, 0.2) is 24.3 Å². The molecule has 4 rings (SSSR count). The predicted octanol–water partition coefficient (Wildman–Crippen LogP) is 1.94. The van der Waals surface area contributed by atoms with Gasteiger partial charge in [-0.1, -0.05) is 12.1 Å². The molecule has 0 aliphatic carbocycles. The third kappa shape index (κ3) is 3.89. The first-order chi connectivity index (χ1) is 12.2. The summed E-state index contributed by atoms with van der Waals surface area (Å²) in [5.41, 5.74) is 1.97. The van der Waals surface area contributed by atoms with Gasteiger partial charge in [0, 0.05) is 18.7 Å².